The number of sulfonamides is 2. The second-order valence-electron chi connectivity index (χ2n) is 8.39. The summed E-state index contributed by atoms with van der Waals surface area (Å²) in [5, 5.41) is 11.4. The maximum absolute atomic E-state index is 13.4. The topological polar surface area (TPSA) is 133 Å². The molecule has 1 aromatic heterocycles. The Morgan fingerprint density at radius 3 is 2.56 bits per heavy atom. The van der Waals surface area contributed by atoms with Crippen molar-refractivity contribution >= 4 is 43.0 Å². The third-order valence-corrected chi connectivity index (χ3v) is 9.74. The first kappa shape index (κ1) is 26.4. The van der Waals surface area contributed by atoms with Crippen molar-refractivity contribution in [2.24, 2.45) is 5.92 Å². The van der Waals surface area contributed by atoms with Crippen molar-refractivity contribution < 1.29 is 31.5 Å². The Balaban J connectivity index is 2.11. The first-order valence-corrected chi connectivity index (χ1v) is 14.8. The average molecular weight is 532 g/mol. The van der Waals surface area contributed by atoms with Crippen molar-refractivity contribution in [3.63, 3.8) is 0 Å². The minimum Gasteiger partial charge on any atom is -0.486 e. The van der Waals surface area contributed by atoms with Gasteiger partial charge < -0.3 is 14.7 Å². The molecule has 1 amide bonds. The number of ether oxygens (including phenoxy) is 1. The summed E-state index contributed by atoms with van der Waals surface area (Å²) in [7, 11) is -6.03. The zero-order valence-electron chi connectivity index (χ0n) is 19.3. The van der Waals surface area contributed by atoms with Crippen LogP contribution in [0.5, 0.6) is 5.75 Å². The lowest BCUT2D eigenvalue weighted by atomic mass is 9.99. The van der Waals surface area contributed by atoms with E-state index in [4.69, 9.17) is 4.74 Å². The normalized spacial score (nSPS) is 20.3. The molecule has 1 aliphatic rings. The number of nitrogens with zero attached hydrogens (tertiary/aromatic N) is 2. The maximum atomic E-state index is 13.4. The lowest BCUT2D eigenvalue weighted by Gasteiger charge is -2.38. The highest BCUT2D eigenvalue weighted by Gasteiger charge is 2.35. The number of aliphatic hydroxyl groups excluding tert-OH is 1. The number of nitrogens with one attached hydrogen (secondary N) is 1. The van der Waals surface area contributed by atoms with E-state index in [1.807, 2.05) is 6.92 Å². The molecule has 1 aliphatic heterocycles. The quantitative estimate of drug-likeness (QED) is 0.529. The highest BCUT2D eigenvalue weighted by molar-refractivity contribution is 7.94. The fourth-order valence-corrected chi connectivity index (χ4v) is 6.01. The van der Waals surface area contributed by atoms with Gasteiger partial charge in [-0.25, -0.2) is 21.1 Å². The molecule has 3 atom stereocenters. The summed E-state index contributed by atoms with van der Waals surface area (Å²) >= 11 is 1.05. The van der Waals surface area contributed by atoms with Gasteiger partial charge in [-0.15, -0.1) is 11.3 Å². The maximum Gasteiger partial charge on any atom is 0.271 e. The van der Waals surface area contributed by atoms with Crippen molar-refractivity contribution in [3.8, 4) is 5.75 Å². The lowest BCUT2D eigenvalue weighted by molar-refractivity contribution is 0.0389. The van der Waals surface area contributed by atoms with Gasteiger partial charge >= 0.3 is 0 Å². The molecule has 0 unspecified atom stereocenters. The van der Waals surface area contributed by atoms with Gasteiger partial charge in [0.2, 0.25) is 10.0 Å². The number of hydrogen-bond donors (Lipinski definition) is 2. The van der Waals surface area contributed by atoms with Gasteiger partial charge in [-0.05, 0) is 30.5 Å². The van der Waals surface area contributed by atoms with Crippen LogP contribution in [0.3, 0.4) is 0 Å². The molecule has 13 heteroatoms. The lowest BCUT2D eigenvalue weighted by Crippen LogP contribution is -2.50. The Bertz CT molecular complexity index is 1230. The SMILES string of the molecule is C[C@@H]1CN([C@@H](C)CO)C(=O)c2cccc(NS(=O)(=O)c3cccs3)c2O[C@@H]1CN(C)S(C)(=O)=O. The van der Waals surface area contributed by atoms with Gasteiger partial charge in [-0.1, -0.05) is 19.1 Å². The molecular weight excluding hydrogens is 502 g/mol. The molecule has 3 rings (SSSR count). The molecule has 188 valence electrons. The standard InChI is InChI=1S/C21H29N3O7S3/c1-14-11-24(15(2)13-25)21(26)16-7-5-8-17(22-34(29,30)19-9-6-10-32-19)20(16)31-18(14)12-23(3)33(4,27)28/h5-10,14-15,18,22,25H,11-13H2,1-4H3/t14-,15+,18-/m1/s1. The smallest absolute Gasteiger partial charge is 0.271 e. The van der Waals surface area contributed by atoms with E-state index in [1.54, 1.807) is 18.4 Å². The number of carbonyl (C=O) groups is 1. The van der Waals surface area contributed by atoms with Crippen LogP contribution in [0.2, 0.25) is 0 Å². The number of amides is 1. The van der Waals surface area contributed by atoms with E-state index in [1.165, 1.54) is 36.2 Å². The summed E-state index contributed by atoms with van der Waals surface area (Å²) in [5.41, 5.74) is 0.183. The van der Waals surface area contributed by atoms with Crippen LogP contribution < -0.4 is 9.46 Å². The molecule has 2 N–H and O–H groups in total. The number of thiophene rings is 1. The van der Waals surface area contributed by atoms with E-state index in [0.29, 0.717) is 0 Å². The van der Waals surface area contributed by atoms with E-state index in [0.717, 1.165) is 21.9 Å². The van der Waals surface area contributed by atoms with Gasteiger partial charge in [0.05, 0.1) is 36.7 Å². The van der Waals surface area contributed by atoms with Gasteiger partial charge in [0.25, 0.3) is 15.9 Å². The van der Waals surface area contributed by atoms with E-state index in [-0.39, 0.29) is 46.8 Å². The minimum absolute atomic E-state index is 0.0129. The average Bonchev–Trinajstić information content (AvgIpc) is 3.31. The summed E-state index contributed by atoms with van der Waals surface area (Å²) in [5.74, 6) is -0.742. The molecule has 0 fully saturated rings. The summed E-state index contributed by atoms with van der Waals surface area (Å²) in [4.78, 5) is 14.9. The molecule has 2 aromatic rings. The second kappa shape index (κ2) is 10.2. The van der Waals surface area contributed by atoms with Gasteiger partial charge in [0.15, 0.2) is 5.75 Å². The summed E-state index contributed by atoms with van der Waals surface area (Å²) in [6.07, 6.45) is 0.381. The van der Waals surface area contributed by atoms with E-state index < -0.39 is 38.1 Å². The van der Waals surface area contributed by atoms with Crippen molar-refractivity contribution in [1.82, 2.24) is 9.21 Å². The van der Waals surface area contributed by atoms with E-state index in [2.05, 4.69) is 4.72 Å². The van der Waals surface area contributed by atoms with Gasteiger partial charge in [0, 0.05) is 19.5 Å². The second-order valence-corrected chi connectivity index (χ2v) is 13.3. The zero-order valence-corrected chi connectivity index (χ0v) is 21.8. The van der Waals surface area contributed by atoms with Crippen molar-refractivity contribution in [2.75, 3.05) is 37.7 Å². The van der Waals surface area contributed by atoms with E-state index in [9.17, 15) is 26.7 Å². The number of para-hydroxylation sites is 1. The summed E-state index contributed by atoms with van der Waals surface area (Å²) in [6, 6.07) is 7.10. The summed E-state index contributed by atoms with van der Waals surface area (Å²) in [6.45, 7) is 3.45. The molecule has 0 radical (unpaired) electrons. The van der Waals surface area contributed by atoms with Gasteiger partial charge in [-0.3, -0.25) is 9.52 Å². The predicted molar refractivity (Wildman–Crippen MR) is 130 cm³/mol. The Morgan fingerprint density at radius 2 is 1.97 bits per heavy atom. The van der Waals surface area contributed by atoms with Crippen LogP contribution in [0.1, 0.15) is 24.2 Å². The Kier molecular flexibility index (Phi) is 7.92. The molecular formula is C21H29N3O7S3. The van der Waals surface area contributed by atoms with Gasteiger partial charge in [0.1, 0.15) is 10.3 Å². The number of carbonyl (C=O) groups excluding carboxylic acids is 1. The van der Waals surface area contributed by atoms with Crippen molar-refractivity contribution in [1.29, 1.82) is 0 Å². The number of aliphatic hydroxyl groups is 1. The molecule has 34 heavy (non-hydrogen) atoms. The molecule has 2 heterocycles. The van der Waals surface area contributed by atoms with E-state index >= 15 is 0 Å². The Hall–Kier alpha value is -2.19. The Labute approximate surface area is 204 Å². The monoisotopic (exact) mass is 531 g/mol. The van der Waals surface area contributed by atoms with Crippen LogP contribution in [0.25, 0.3) is 0 Å². The van der Waals surface area contributed by atoms with Crippen molar-refractivity contribution in [3.05, 3.63) is 41.3 Å². The molecule has 0 saturated heterocycles. The number of hydrogen-bond acceptors (Lipinski definition) is 8. The molecule has 10 nitrogen and oxygen atoms in total. The number of fused-ring (bicyclic) bond motifs is 1. The molecule has 0 aliphatic carbocycles. The zero-order chi connectivity index (χ0) is 25.3. The van der Waals surface area contributed by atoms with Gasteiger partial charge in [-0.2, -0.15) is 0 Å². The highest BCUT2D eigenvalue weighted by Crippen LogP contribution is 2.36. The number of anilines is 1. The number of benzene rings is 1. The van der Waals surface area contributed by atoms with Crippen LogP contribution in [-0.2, 0) is 20.0 Å². The van der Waals surface area contributed by atoms with Crippen LogP contribution in [0.4, 0.5) is 5.69 Å². The minimum atomic E-state index is -3.94. The molecule has 1 aromatic carbocycles. The largest absolute Gasteiger partial charge is 0.486 e. The fourth-order valence-electron chi connectivity index (χ4n) is 3.54. The summed E-state index contributed by atoms with van der Waals surface area (Å²) < 4.78 is 59.8. The third kappa shape index (κ3) is 5.71. The Morgan fingerprint density at radius 1 is 1.26 bits per heavy atom. The highest BCUT2D eigenvalue weighted by atomic mass is 32.2. The van der Waals surface area contributed by atoms with Crippen LogP contribution in [-0.4, -0.2) is 82.2 Å². The van der Waals surface area contributed by atoms with Crippen molar-refractivity contribution in [2.45, 2.75) is 30.2 Å². The van der Waals surface area contributed by atoms with Crippen LogP contribution >= 0.6 is 11.3 Å². The van der Waals surface area contributed by atoms with Crippen LogP contribution in [0, 0.1) is 5.92 Å². The molecule has 0 saturated carbocycles. The molecule has 0 spiro atoms. The number of rotatable bonds is 8. The number of likely N-dealkylation sites (N-methyl/N-ethyl adjacent to an activating group) is 1. The van der Waals surface area contributed by atoms with Crippen LogP contribution in [0.15, 0.2) is 39.9 Å². The first-order chi connectivity index (χ1) is 15.8. The third-order valence-electron chi connectivity index (χ3n) is 5.70. The molecule has 0 bridgehead atoms. The predicted octanol–water partition coefficient (Wildman–Crippen LogP) is 1.66. The fraction of sp³-hybridized carbons (Fsp3) is 0.476. The first-order valence-electron chi connectivity index (χ1n) is 10.5.